The highest BCUT2D eigenvalue weighted by Gasteiger charge is 2.50. The number of fused-ring (bicyclic) bond motifs is 1. The zero-order valence-electron chi connectivity index (χ0n) is 18.6. The van der Waals surface area contributed by atoms with Crippen LogP contribution in [0.2, 0.25) is 0 Å². The van der Waals surface area contributed by atoms with Crippen LogP contribution in [-0.4, -0.2) is 14.6 Å². The maximum atomic E-state index is 4.70. The molecule has 4 heteroatoms. The van der Waals surface area contributed by atoms with Gasteiger partial charge in [-0.2, -0.15) is 4.57 Å². The van der Waals surface area contributed by atoms with Crippen molar-refractivity contribution in [2.24, 2.45) is 0 Å². The van der Waals surface area contributed by atoms with Gasteiger partial charge in [-0.25, -0.2) is 0 Å². The fourth-order valence-corrected chi connectivity index (χ4v) is 4.27. The Morgan fingerprint density at radius 3 is 2.20 bits per heavy atom. The van der Waals surface area contributed by atoms with Gasteiger partial charge in [-0.05, 0) is 37.5 Å². The van der Waals surface area contributed by atoms with Crippen LogP contribution in [0.1, 0.15) is 63.1 Å². The lowest BCUT2D eigenvalue weighted by atomic mass is 9.93. The van der Waals surface area contributed by atoms with E-state index in [1.165, 1.54) is 16.7 Å². The molecular formula is C26H31N4+. The molecule has 0 amide bonds. The van der Waals surface area contributed by atoms with Crippen LogP contribution in [0.15, 0.2) is 73.2 Å². The summed E-state index contributed by atoms with van der Waals surface area (Å²) in [6.07, 6.45) is 8.56. The van der Waals surface area contributed by atoms with Gasteiger partial charge in [-0.3, -0.25) is 4.40 Å². The molecule has 3 heterocycles. The Kier molecular flexibility index (Phi) is 5.19. The van der Waals surface area contributed by atoms with E-state index in [2.05, 4.69) is 102 Å². The lowest BCUT2D eigenvalue weighted by Gasteiger charge is -2.20. The van der Waals surface area contributed by atoms with Crippen molar-refractivity contribution in [3.05, 3.63) is 95.7 Å². The molecule has 0 N–H and O–H groups in total. The van der Waals surface area contributed by atoms with E-state index in [1.807, 2.05) is 19.9 Å². The van der Waals surface area contributed by atoms with Crippen molar-refractivity contribution >= 4 is 5.65 Å². The summed E-state index contributed by atoms with van der Waals surface area (Å²) in [7, 11) is 0. The molecule has 0 aliphatic heterocycles. The minimum atomic E-state index is -0.228. The van der Waals surface area contributed by atoms with E-state index in [0.717, 1.165) is 24.3 Å². The molecule has 154 valence electrons. The Labute approximate surface area is 179 Å². The monoisotopic (exact) mass is 399 g/mol. The summed E-state index contributed by atoms with van der Waals surface area (Å²) < 4.78 is 4.43. The summed E-state index contributed by atoms with van der Waals surface area (Å²) in [5.41, 5.74) is 4.51. The Morgan fingerprint density at radius 1 is 0.900 bits per heavy atom. The lowest BCUT2D eigenvalue weighted by Crippen LogP contribution is -2.52. The van der Waals surface area contributed by atoms with Crippen LogP contribution in [0, 0.1) is 6.92 Å². The molecule has 0 radical (unpaired) electrons. The van der Waals surface area contributed by atoms with Gasteiger partial charge in [0.15, 0.2) is 23.6 Å². The van der Waals surface area contributed by atoms with Crippen molar-refractivity contribution in [2.45, 2.75) is 58.4 Å². The number of rotatable bonds is 4. The van der Waals surface area contributed by atoms with Gasteiger partial charge in [0, 0.05) is 32.2 Å². The first-order valence-corrected chi connectivity index (χ1v) is 10.9. The maximum absolute atomic E-state index is 4.70. The van der Waals surface area contributed by atoms with Crippen molar-refractivity contribution in [1.82, 2.24) is 14.6 Å². The van der Waals surface area contributed by atoms with Crippen LogP contribution in [0.3, 0.4) is 0 Å². The van der Waals surface area contributed by atoms with Gasteiger partial charge in [0.25, 0.3) is 0 Å². The van der Waals surface area contributed by atoms with Crippen molar-refractivity contribution in [3.8, 4) is 0 Å². The van der Waals surface area contributed by atoms with Crippen LogP contribution >= 0.6 is 0 Å². The molecule has 0 bridgehead atoms. The molecule has 30 heavy (non-hydrogen) atoms. The SMILES string of the molecule is CC.Cc1ccc(C2(c3nnc4c(C(C)(C)[n+]5ccccc5)cccn34)CC2)cc1. The Balaban J connectivity index is 0.00000106. The first-order chi connectivity index (χ1) is 14.5. The summed E-state index contributed by atoms with van der Waals surface area (Å²) in [6.45, 7) is 10.6. The zero-order valence-corrected chi connectivity index (χ0v) is 18.6. The number of benzene rings is 1. The molecule has 4 nitrogen and oxygen atoms in total. The number of pyridine rings is 2. The zero-order chi connectivity index (χ0) is 21.4. The molecule has 1 fully saturated rings. The molecule has 0 spiro atoms. The van der Waals surface area contributed by atoms with E-state index < -0.39 is 0 Å². The van der Waals surface area contributed by atoms with Gasteiger partial charge >= 0.3 is 0 Å². The van der Waals surface area contributed by atoms with Crippen LogP contribution in [0.5, 0.6) is 0 Å². The van der Waals surface area contributed by atoms with Crippen molar-refractivity contribution in [2.75, 3.05) is 0 Å². The average molecular weight is 400 g/mol. The molecule has 0 atom stereocenters. The maximum Gasteiger partial charge on any atom is 0.191 e. The standard InChI is InChI=1S/C24H25N4.C2H6/c1-18-9-11-19(12-10-18)24(13-14-24)22-26-25-21-20(8-7-17-28(21)22)23(2,3)27-15-5-4-6-16-27;1-2/h4-12,15-17H,13-14H2,1-3H3;1-2H3/q+1;. The Morgan fingerprint density at radius 2 is 1.57 bits per heavy atom. The number of aryl methyl sites for hydroxylation is 1. The van der Waals surface area contributed by atoms with Crippen molar-refractivity contribution in [3.63, 3.8) is 0 Å². The highest BCUT2D eigenvalue weighted by molar-refractivity contribution is 5.53. The van der Waals surface area contributed by atoms with Gasteiger partial charge in [0.1, 0.15) is 5.82 Å². The first kappa shape index (κ1) is 20.3. The second-order valence-corrected chi connectivity index (χ2v) is 8.43. The van der Waals surface area contributed by atoms with Crippen molar-refractivity contribution in [1.29, 1.82) is 0 Å². The van der Waals surface area contributed by atoms with Crippen LogP contribution in [0.4, 0.5) is 0 Å². The van der Waals surface area contributed by atoms with Crippen LogP contribution < -0.4 is 4.57 Å². The molecule has 1 aromatic carbocycles. The fourth-order valence-electron chi connectivity index (χ4n) is 4.27. The molecule has 3 aromatic heterocycles. The van der Waals surface area contributed by atoms with Crippen LogP contribution in [-0.2, 0) is 11.0 Å². The van der Waals surface area contributed by atoms with E-state index in [-0.39, 0.29) is 11.0 Å². The van der Waals surface area contributed by atoms with Crippen molar-refractivity contribution < 1.29 is 4.57 Å². The quantitative estimate of drug-likeness (QED) is 0.441. The predicted molar refractivity (Wildman–Crippen MR) is 121 cm³/mol. The first-order valence-electron chi connectivity index (χ1n) is 10.9. The van der Waals surface area contributed by atoms with E-state index in [9.17, 15) is 0 Å². The molecule has 5 rings (SSSR count). The molecular weight excluding hydrogens is 368 g/mol. The predicted octanol–water partition coefficient (Wildman–Crippen LogP) is 5.21. The van der Waals surface area contributed by atoms with Crippen LogP contribution in [0.25, 0.3) is 5.65 Å². The Hall–Kier alpha value is -3.01. The fraction of sp³-hybridized carbons (Fsp3) is 0.346. The topological polar surface area (TPSA) is 34.1 Å². The highest BCUT2D eigenvalue weighted by atomic mass is 15.3. The minimum absolute atomic E-state index is 0.00419. The van der Waals surface area contributed by atoms with Gasteiger partial charge in [-0.15, -0.1) is 10.2 Å². The lowest BCUT2D eigenvalue weighted by molar-refractivity contribution is -0.747. The Bertz CT molecular complexity index is 1140. The minimum Gasteiger partial charge on any atom is -0.285 e. The van der Waals surface area contributed by atoms with Gasteiger partial charge in [-0.1, -0.05) is 49.7 Å². The van der Waals surface area contributed by atoms with Gasteiger partial charge in [0.2, 0.25) is 0 Å². The third-order valence-corrected chi connectivity index (χ3v) is 6.24. The summed E-state index contributed by atoms with van der Waals surface area (Å²) in [5, 5.41) is 9.36. The normalized spacial score (nSPS) is 14.8. The molecule has 0 saturated heterocycles. The molecule has 4 aromatic rings. The summed E-state index contributed by atoms with van der Waals surface area (Å²) in [5.74, 6) is 1.06. The second-order valence-electron chi connectivity index (χ2n) is 8.43. The summed E-state index contributed by atoms with van der Waals surface area (Å²) in [4.78, 5) is 0. The highest BCUT2D eigenvalue weighted by Crippen LogP contribution is 2.52. The van der Waals surface area contributed by atoms with E-state index >= 15 is 0 Å². The number of hydrogen-bond acceptors (Lipinski definition) is 2. The smallest absolute Gasteiger partial charge is 0.191 e. The molecule has 1 aliphatic carbocycles. The summed E-state index contributed by atoms with van der Waals surface area (Å²) in [6, 6.07) is 19.3. The third kappa shape index (κ3) is 3.20. The number of hydrogen-bond donors (Lipinski definition) is 0. The van der Waals surface area contributed by atoms with E-state index in [0.29, 0.717) is 0 Å². The second kappa shape index (κ2) is 7.67. The van der Waals surface area contributed by atoms with Gasteiger partial charge in [0.05, 0.1) is 11.0 Å². The largest absolute Gasteiger partial charge is 0.285 e. The van der Waals surface area contributed by atoms with Gasteiger partial charge < -0.3 is 0 Å². The number of nitrogens with zero attached hydrogens (tertiary/aromatic N) is 4. The number of aromatic nitrogens is 4. The average Bonchev–Trinajstić information content (AvgIpc) is 3.47. The molecule has 1 aliphatic rings. The van der Waals surface area contributed by atoms with E-state index in [4.69, 9.17) is 5.10 Å². The van der Waals surface area contributed by atoms with E-state index in [1.54, 1.807) is 0 Å². The molecule has 0 unspecified atom stereocenters. The third-order valence-electron chi connectivity index (χ3n) is 6.24. The molecule has 1 saturated carbocycles. The summed E-state index contributed by atoms with van der Waals surface area (Å²) >= 11 is 0.